The lowest BCUT2D eigenvalue weighted by molar-refractivity contribution is 0.301. The van der Waals surface area contributed by atoms with Crippen LogP contribution >= 0.6 is 0 Å². The summed E-state index contributed by atoms with van der Waals surface area (Å²) in [7, 11) is 1.56. The summed E-state index contributed by atoms with van der Waals surface area (Å²) in [5.41, 5.74) is 5.34. The van der Waals surface area contributed by atoms with Gasteiger partial charge in [-0.25, -0.2) is 4.79 Å². The maximum atomic E-state index is 12.3. The molecule has 0 spiro atoms. The van der Waals surface area contributed by atoms with Crippen LogP contribution in [0.25, 0.3) is 16.9 Å². The van der Waals surface area contributed by atoms with Crippen molar-refractivity contribution in [3.05, 3.63) is 88.0 Å². The number of hydrogen-bond acceptors (Lipinski definition) is 5. The van der Waals surface area contributed by atoms with Crippen LogP contribution in [0.4, 0.5) is 0 Å². The highest BCUT2D eigenvalue weighted by Gasteiger charge is 2.15. The van der Waals surface area contributed by atoms with Gasteiger partial charge in [-0.05, 0) is 65.2 Å². The summed E-state index contributed by atoms with van der Waals surface area (Å²) in [5.74, 6) is 0.614. The van der Waals surface area contributed by atoms with Gasteiger partial charge in [0.25, 0.3) is 0 Å². The SMILES string of the molecule is Cc1cc(-c2ccccn2)ccc1COc1c(C)cccc1-n1nnn(C)c1=O. The number of aryl methyl sites for hydroxylation is 3. The molecule has 7 heteroatoms. The molecule has 4 rings (SSSR count). The van der Waals surface area contributed by atoms with Gasteiger partial charge >= 0.3 is 5.69 Å². The minimum atomic E-state index is -0.323. The van der Waals surface area contributed by atoms with E-state index in [-0.39, 0.29) is 5.69 Å². The molecule has 29 heavy (non-hydrogen) atoms. The van der Waals surface area contributed by atoms with Gasteiger partial charge in [0, 0.05) is 18.8 Å². The van der Waals surface area contributed by atoms with Crippen LogP contribution in [-0.4, -0.2) is 24.8 Å². The Kier molecular flexibility index (Phi) is 4.95. The fourth-order valence-corrected chi connectivity index (χ4v) is 3.16. The van der Waals surface area contributed by atoms with Gasteiger partial charge in [0.2, 0.25) is 0 Å². The standard InChI is InChI=1S/C22H21N5O2/c1-15-7-6-9-20(27-22(28)26(3)24-25-27)21(15)29-14-18-11-10-17(13-16(18)2)19-8-4-5-12-23-19/h4-13H,14H2,1-3H3. The number of nitrogens with zero attached hydrogens (tertiary/aromatic N) is 5. The Morgan fingerprint density at radius 2 is 1.83 bits per heavy atom. The predicted molar refractivity (Wildman–Crippen MR) is 110 cm³/mol. The number of para-hydroxylation sites is 1. The highest BCUT2D eigenvalue weighted by Crippen LogP contribution is 2.28. The van der Waals surface area contributed by atoms with Crippen molar-refractivity contribution in [3.8, 4) is 22.7 Å². The van der Waals surface area contributed by atoms with Crippen LogP contribution < -0.4 is 10.4 Å². The third kappa shape index (κ3) is 3.67. The molecule has 146 valence electrons. The number of pyridine rings is 1. The van der Waals surface area contributed by atoms with Gasteiger partial charge in [-0.3, -0.25) is 4.98 Å². The van der Waals surface area contributed by atoms with E-state index in [9.17, 15) is 4.79 Å². The summed E-state index contributed by atoms with van der Waals surface area (Å²) in [5, 5.41) is 7.73. The summed E-state index contributed by atoms with van der Waals surface area (Å²) >= 11 is 0. The molecule has 0 unspecified atom stereocenters. The van der Waals surface area contributed by atoms with Crippen LogP contribution in [0.1, 0.15) is 16.7 Å². The van der Waals surface area contributed by atoms with Crippen LogP contribution in [0.15, 0.2) is 65.6 Å². The van der Waals surface area contributed by atoms with E-state index in [1.165, 1.54) is 9.36 Å². The molecule has 7 nitrogen and oxygen atoms in total. The van der Waals surface area contributed by atoms with Crippen molar-refractivity contribution in [1.82, 2.24) is 24.8 Å². The number of ether oxygens (including phenoxy) is 1. The molecule has 4 aromatic rings. The molecule has 0 bridgehead atoms. The molecule has 0 aliphatic carbocycles. The molecule has 0 aliphatic heterocycles. The molecule has 0 radical (unpaired) electrons. The van der Waals surface area contributed by atoms with Crippen LogP contribution in [0, 0.1) is 13.8 Å². The number of hydrogen-bond donors (Lipinski definition) is 0. The first-order valence-electron chi connectivity index (χ1n) is 9.27. The van der Waals surface area contributed by atoms with Gasteiger partial charge in [0.05, 0.1) is 5.69 Å². The highest BCUT2D eigenvalue weighted by molar-refractivity contribution is 5.60. The monoisotopic (exact) mass is 387 g/mol. The molecule has 2 aromatic carbocycles. The van der Waals surface area contributed by atoms with E-state index in [0.29, 0.717) is 18.0 Å². The molecule has 0 saturated heterocycles. The number of aromatic nitrogens is 5. The van der Waals surface area contributed by atoms with Crippen LogP contribution in [0.2, 0.25) is 0 Å². The predicted octanol–water partition coefficient (Wildman–Crippen LogP) is 3.22. The Bertz CT molecular complexity index is 1210. The van der Waals surface area contributed by atoms with Crippen molar-refractivity contribution in [2.75, 3.05) is 0 Å². The Morgan fingerprint density at radius 1 is 0.966 bits per heavy atom. The molecule has 0 aliphatic rings. The third-order valence-corrected chi connectivity index (χ3v) is 4.82. The van der Waals surface area contributed by atoms with Gasteiger partial charge in [0.1, 0.15) is 18.0 Å². The van der Waals surface area contributed by atoms with Gasteiger partial charge in [-0.2, -0.15) is 9.36 Å². The lowest BCUT2D eigenvalue weighted by Crippen LogP contribution is -2.22. The number of rotatable bonds is 5. The molecule has 0 saturated carbocycles. The van der Waals surface area contributed by atoms with Crippen LogP contribution in [-0.2, 0) is 13.7 Å². The molecule has 0 N–H and O–H groups in total. The molecule has 0 fully saturated rings. The maximum Gasteiger partial charge on any atom is 0.368 e. The largest absolute Gasteiger partial charge is 0.486 e. The Labute approximate surface area is 168 Å². The zero-order chi connectivity index (χ0) is 20.4. The minimum absolute atomic E-state index is 0.323. The summed E-state index contributed by atoms with van der Waals surface area (Å²) in [6.07, 6.45) is 1.79. The van der Waals surface area contributed by atoms with Crippen LogP contribution in [0.5, 0.6) is 5.75 Å². The maximum absolute atomic E-state index is 12.3. The normalized spacial score (nSPS) is 10.9. The van der Waals surface area contributed by atoms with Crippen molar-refractivity contribution < 1.29 is 4.74 Å². The van der Waals surface area contributed by atoms with Gasteiger partial charge < -0.3 is 4.74 Å². The quantitative estimate of drug-likeness (QED) is 0.526. The van der Waals surface area contributed by atoms with E-state index in [0.717, 1.165) is 27.9 Å². The smallest absolute Gasteiger partial charge is 0.368 e. The first kappa shape index (κ1) is 18.6. The van der Waals surface area contributed by atoms with Crippen molar-refractivity contribution in [2.24, 2.45) is 7.05 Å². The molecule has 0 amide bonds. The number of benzene rings is 2. The van der Waals surface area contributed by atoms with Crippen molar-refractivity contribution in [3.63, 3.8) is 0 Å². The first-order chi connectivity index (χ1) is 14.0. The molecule has 0 atom stereocenters. The summed E-state index contributed by atoms with van der Waals surface area (Å²) in [6, 6.07) is 17.7. The zero-order valence-electron chi connectivity index (χ0n) is 16.5. The average Bonchev–Trinajstić information content (AvgIpc) is 3.07. The highest BCUT2D eigenvalue weighted by atomic mass is 16.5. The summed E-state index contributed by atoms with van der Waals surface area (Å²) in [6.45, 7) is 4.37. The van der Waals surface area contributed by atoms with E-state index in [1.807, 2.05) is 49.4 Å². The Morgan fingerprint density at radius 3 is 2.52 bits per heavy atom. The molecule has 2 aromatic heterocycles. The van der Waals surface area contributed by atoms with E-state index >= 15 is 0 Å². The zero-order valence-corrected chi connectivity index (χ0v) is 16.5. The van der Waals surface area contributed by atoms with Gasteiger partial charge in [-0.1, -0.05) is 30.3 Å². The lowest BCUT2D eigenvalue weighted by Gasteiger charge is -2.15. The second-order valence-electron chi connectivity index (χ2n) is 6.86. The third-order valence-electron chi connectivity index (χ3n) is 4.82. The van der Waals surface area contributed by atoms with E-state index in [4.69, 9.17) is 4.74 Å². The van der Waals surface area contributed by atoms with Crippen molar-refractivity contribution >= 4 is 0 Å². The van der Waals surface area contributed by atoms with Crippen molar-refractivity contribution in [2.45, 2.75) is 20.5 Å². The number of tetrazole rings is 1. The second-order valence-corrected chi connectivity index (χ2v) is 6.86. The topological polar surface area (TPSA) is 74.8 Å². The fraction of sp³-hybridized carbons (Fsp3) is 0.182. The fourth-order valence-electron chi connectivity index (χ4n) is 3.16. The van der Waals surface area contributed by atoms with E-state index in [1.54, 1.807) is 19.3 Å². The van der Waals surface area contributed by atoms with Gasteiger partial charge in [-0.15, -0.1) is 0 Å². The van der Waals surface area contributed by atoms with E-state index in [2.05, 4.69) is 28.4 Å². The minimum Gasteiger partial charge on any atom is -0.486 e. The summed E-state index contributed by atoms with van der Waals surface area (Å²) in [4.78, 5) is 16.7. The molecular weight excluding hydrogens is 366 g/mol. The second kappa shape index (κ2) is 7.71. The van der Waals surface area contributed by atoms with Crippen LogP contribution in [0.3, 0.4) is 0 Å². The Hall–Kier alpha value is -3.74. The van der Waals surface area contributed by atoms with E-state index < -0.39 is 0 Å². The van der Waals surface area contributed by atoms with Crippen molar-refractivity contribution in [1.29, 1.82) is 0 Å². The molecule has 2 heterocycles. The lowest BCUT2D eigenvalue weighted by atomic mass is 10.0. The van der Waals surface area contributed by atoms with Gasteiger partial charge in [0.15, 0.2) is 0 Å². The molecular formula is C22H21N5O2. The average molecular weight is 387 g/mol. The Balaban J connectivity index is 1.62. The first-order valence-corrected chi connectivity index (χ1v) is 9.27. The summed E-state index contributed by atoms with van der Waals surface area (Å²) < 4.78 is 8.58.